The van der Waals surface area contributed by atoms with Crippen LogP contribution in [0.4, 0.5) is 0 Å². The van der Waals surface area contributed by atoms with Crippen LogP contribution >= 0.6 is 0 Å². The lowest BCUT2D eigenvalue weighted by molar-refractivity contribution is -0.145. The minimum atomic E-state index is -0.256. The van der Waals surface area contributed by atoms with E-state index in [1.807, 2.05) is 0 Å². The molecule has 2 rings (SSSR count). The Kier molecular flexibility index (Phi) is 4.62. The van der Waals surface area contributed by atoms with E-state index in [-0.39, 0.29) is 24.4 Å². The van der Waals surface area contributed by atoms with Crippen molar-refractivity contribution in [1.82, 2.24) is 0 Å². The van der Waals surface area contributed by atoms with Crippen LogP contribution in [-0.4, -0.2) is 36.6 Å². The molecule has 2 saturated carbocycles. The summed E-state index contributed by atoms with van der Waals surface area (Å²) >= 11 is 0. The number of aliphatic hydroxyl groups excluding tert-OH is 1. The summed E-state index contributed by atoms with van der Waals surface area (Å²) in [6, 6.07) is 0. The third-order valence-electron chi connectivity index (χ3n) is 3.96. The monoisotopic (exact) mass is 228 g/mol. The van der Waals surface area contributed by atoms with E-state index in [4.69, 9.17) is 9.47 Å². The number of hydrogen-bond donors (Lipinski definition) is 1. The van der Waals surface area contributed by atoms with Crippen LogP contribution in [-0.2, 0) is 9.47 Å². The molecule has 0 aromatic carbocycles. The van der Waals surface area contributed by atoms with Gasteiger partial charge < -0.3 is 14.6 Å². The van der Waals surface area contributed by atoms with Gasteiger partial charge in [0.25, 0.3) is 0 Å². The second-order valence-corrected chi connectivity index (χ2v) is 5.12. The fraction of sp³-hybridized carbons (Fsp3) is 1.00. The zero-order chi connectivity index (χ0) is 11.4. The van der Waals surface area contributed by atoms with E-state index in [0.717, 1.165) is 32.1 Å². The van der Waals surface area contributed by atoms with Crippen molar-refractivity contribution in [1.29, 1.82) is 0 Å². The van der Waals surface area contributed by atoms with E-state index in [2.05, 4.69) is 0 Å². The molecule has 1 N–H and O–H groups in total. The van der Waals surface area contributed by atoms with Crippen LogP contribution < -0.4 is 0 Å². The van der Waals surface area contributed by atoms with Crippen molar-refractivity contribution in [3.8, 4) is 0 Å². The molecule has 0 bridgehead atoms. The molecule has 0 radical (unpaired) electrons. The Hall–Kier alpha value is -0.120. The molecular weight excluding hydrogens is 204 g/mol. The fourth-order valence-corrected chi connectivity index (χ4v) is 2.95. The molecule has 2 fully saturated rings. The van der Waals surface area contributed by atoms with Crippen molar-refractivity contribution in [2.45, 2.75) is 75.8 Å². The highest BCUT2D eigenvalue weighted by molar-refractivity contribution is 4.81. The van der Waals surface area contributed by atoms with E-state index in [1.54, 1.807) is 7.11 Å². The average molecular weight is 228 g/mol. The van der Waals surface area contributed by atoms with Gasteiger partial charge in [0.05, 0.1) is 24.4 Å². The second-order valence-electron chi connectivity index (χ2n) is 5.12. The Morgan fingerprint density at radius 1 is 0.812 bits per heavy atom. The molecular formula is C13H24O3. The molecule has 2 unspecified atom stereocenters. The third-order valence-corrected chi connectivity index (χ3v) is 3.96. The Labute approximate surface area is 98.1 Å². The first-order valence-corrected chi connectivity index (χ1v) is 6.67. The van der Waals surface area contributed by atoms with Crippen LogP contribution in [0.5, 0.6) is 0 Å². The van der Waals surface area contributed by atoms with Crippen LogP contribution in [0, 0.1) is 0 Å². The number of methoxy groups -OCH3 is 1. The summed E-state index contributed by atoms with van der Waals surface area (Å²) in [4.78, 5) is 0. The van der Waals surface area contributed by atoms with Crippen molar-refractivity contribution in [2.24, 2.45) is 0 Å². The Morgan fingerprint density at radius 3 is 2.00 bits per heavy atom. The van der Waals surface area contributed by atoms with E-state index >= 15 is 0 Å². The molecule has 3 heteroatoms. The molecule has 0 heterocycles. The first-order valence-electron chi connectivity index (χ1n) is 6.67. The summed E-state index contributed by atoms with van der Waals surface area (Å²) in [5, 5.41) is 9.89. The minimum Gasteiger partial charge on any atom is -0.390 e. The zero-order valence-electron chi connectivity index (χ0n) is 10.2. The number of rotatable bonds is 3. The molecule has 0 spiro atoms. The predicted molar refractivity (Wildman–Crippen MR) is 62.4 cm³/mol. The van der Waals surface area contributed by atoms with E-state index < -0.39 is 0 Å². The van der Waals surface area contributed by atoms with E-state index in [0.29, 0.717) is 0 Å². The van der Waals surface area contributed by atoms with Gasteiger partial charge in [-0.15, -0.1) is 0 Å². The predicted octanol–water partition coefficient (Wildman–Crippen LogP) is 2.26. The van der Waals surface area contributed by atoms with E-state index in [1.165, 1.54) is 19.3 Å². The molecule has 0 amide bonds. The summed E-state index contributed by atoms with van der Waals surface area (Å²) in [5.74, 6) is 0. The lowest BCUT2D eigenvalue weighted by Gasteiger charge is -2.36. The highest BCUT2D eigenvalue weighted by Gasteiger charge is 2.31. The fourth-order valence-electron chi connectivity index (χ4n) is 2.95. The first kappa shape index (κ1) is 12.3. The van der Waals surface area contributed by atoms with Crippen LogP contribution in [0.3, 0.4) is 0 Å². The third kappa shape index (κ3) is 2.96. The molecule has 0 aromatic heterocycles. The molecule has 0 aliphatic heterocycles. The SMILES string of the molecule is CO[C@@H]1CCCC[C@H]1OC1CCCCC1O. The second kappa shape index (κ2) is 5.99. The smallest absolute Gasteiger partial charge is 0.0841 e. The number of hydrogen-bond acceptors (Lipinski definition) is 3. The standard InChI is InChI=1S/C13H24O3/c1-15-12-8-4-5-9-13(12)16-11-7-3-2-6-10(11)14/h10-14H,2-9H2,1H3/t10?,11?,12-,13-/m1/s1. The molecule has 4 atom stereocenters. The zero-order valence-corrected chi connectivity index (χ0v) is 10.2. The molecule has 0 saturated heterocycles. The van der Waals surface area contributed by atoms with Gasteiger partial charge in [-0.25, -0.2) is 0 Å². The van der Waals surface area contributed by atoms with E-state index in [9.17, 15) is 5.11 Å². The minimum absolute atomic E-state index is 0.0505. The molecule has 94 valence electrons. The summed E-state index contributed by atoms with van der Waals surface area (Å²) in [6.45, 7) is 0. The van der Waals surface area contributed by atoms with Gasteiger partial charge in [-0.2, -0.15) is 0 Å². The van der Waals surface area contributed by atoms with Gasteiger partial charge >= 0.3 is 0 Å². The van der Waals surface area contributed by atoms with Gasteiger partial charge in [-0.05, 0) is 25.7 Å². The topological polar surface area (TPSA) is 38.7 Å². The Balaban J connectivity index is 1.86. The Morgan fingerprint density at radius 2 is 1.38 bits per heavy atom. The molecule has 3 nitrogen and oxygen atoms in total. The lowest BCUT2D eigenvalue weighted by Crippen LogP contribution is -2.42. The quantitative estimate of drug-likeness (QED) is 0.805. The summed E-state index contributed by atoms with van der Waals surface area (Å²) in [5.41, 5.74) is 0. The van der Waals surface area contributed by atoms with Gasteiger partial charge in [0.1, 0.15) is 0 Å². The molecule has 2 aliphatic carbocycles. The first-order chi connectivity index (χ1) is 7.81. The van der Waals surface area contributed by atoms with Gasteiger partial charge in [-0.3, -0.25) is 0 Å². The highest BCUT2D eigenvalue weighted by atomic mass is 16.5. The van der Waals surface area contributed by atoms with Gasteiger partial charge in [0.2, 0.25) is 0 Å². The number of ether oxygens (including phenoxy) is 2. The highest BCUT2D eigenvalue weighted by Crippen LogP contribution is 2.28. The summed E-state index contributed by atoms with van der Waals surface area (Å²) < 4.78 is 11.5. The molecule has 0 aromatic rings. The van der Waals surface area contributed by atoms with Crippen molar-refractivity contribution in [2.75, 3.05) is 7.11 Å². The van der Waals surface area contributed by atoms with Crippen LogP contribution in [0.15, 0.2) is 0 Å². The van der Waals surface area contributed by atoms with Crippen LogP contribution in [0.25, 0.3) is 0 Å². The average Bonchev–Trinajstić information content (AvgIpc) is 2.33. The molecule has 2 aliphatic rings. The van der Waals surface area contributed by atoms with Crippen molar-refractivity contribution in [3.05, 3.63) is 0 Å². The lowest BCUT2D eigenvalue weighted by atomic mass is 9.92. The van der Waals surface area contributed by atoms with Crippen molar-refractivity contribution >= 4 is 0 Å². The summed E-state index contributed by atoms with van der Waals surface area (Å²) in [7, 11) is 1.77. The van der Waals surface area contributed by atoms with Gasteiger partial charge in [0, 0.05) is 7.11 Å². The summed E-state index contributed by atoms with van der Waals surface area (Å²) in [6.07, 6.45) is 9.13. The van der Waals surface area contributed by atoms with Gasteiger partial charge in [0.15, 0.2) is 0 Å². The van der Waals surface area contributed by atoms with Crippen molar-refractivity contribution in [3.63, 3.8) is 0 Å². The normalized spacial score (nSPS) is 40.9. The van der Waals surface area contributed by atoms with Gasteiger partial charge in [-0.1, -0.05) is 25.7 Å². The maximum absolute atomic E-state index is 9.89. The van der Waals surface area contributed by atoms with Crippen LogP contribution in [0.1, 0.15) is 51.4 Å². The largest absolute Gasteiger partial charge is 0.390 e. The van der Waals surface area contributed by atoms with Crippen LogP contribution in [0.2, 0.25) is 0 Å². The number of aliphatic hydroxyl groups is 1. The maximum atomic E-state index is 9.89. The Bertz CT molecular complexity index is 207. The molecule has 16 heavy (non-hydrogen) atoms. The maximum Gasteiger partial charge on any atom is 0.0841 e. The van der Waals surface area contributed by atoms with Crippen molar-refractivity contribution < 1.29 is 14.6 Å².